The fourth-order valence-corrected chi connectivity index (χ4v) is 3.72. The van der Waals surface area contributed by atoms with Crippen molar-refractivity contribution >= 4 is 11.9 Å². The topological polar surface area (TPSA) is 68.0 Å². The highest BCUT2D eigenvalue weighted by molar-refractivity contribution is 6.11. The van der Waals surface area contributed by atoms with Crippen LogP contribution in [0.2, 0.25) is 0 Å². The average Bonchev–Trinajstić information content (AvgIpc) is 3.06. The van der Waals surface area contributed by atoms with E-state index in [1.54, 1.807) is 6.92 Å². The van der Waals surface area contributed by atoms with E-state index >= 15 is 0 Å². The Morgan fingerprint density at radius 1 is 0.971 bits per heavy atom. The Bertz CT molecular complexity index is 1120. The molecule has 34 heavy (non-hydrogen) atoms. The van der Waals surface area contributed by atoms with Crippen molar-refractivity contribution in [2.24, 2.45) is 0 Å². The van der Waals surface area contributed by atoms with E-state index in [1.807, 2.05) is 66.7 Å². The first kappa shape index (κ1) is 25.1. The molecule has 0 aliphatic carbocycles. The van der Waals surface area contributed by atoms with Gasteiger partial charge < -0.3 is 31.4 Å². The van der Waals surface area contributed by atoms with Gasteiger partial charge in [-0.05, 0) is 36.2 Å². The largest absolute Gasteiger partial charge is 1.00 e. The number of rotatable bonds is 8. The summed E-state index contributed by atoms with van der Waals surface area (Å²) in [5.74, 6) is 1.54. The van der Waals surface area contributed by atoms with E-state index in [2.05, 4.69) is 11.1 Å². The van der Waals surface area contributed by atoms with Gasteiger partial charge in [0.1, 0.15) is 24.7 Å². The van der Waals surface area contributed by atoms with Gasteiger partial charge in [0.25, 0.3) is 0 Å². The lowest BCUT2D eigenvalue weighted by atomic mass is 9.95. The molecule has 6 nitrogen and oxygen atoms in total. The molecule has 0 fully saturated rings. The fraction of sp³-hybridized carbons (Fsp3) is 0.259. The van der Waals surface area contributed by atoms with Crippen LogP contribution in [0.1, 0.15) is 29.2 Å². The maximum absolute atomic E-state index is 11.5. The standard InChI is InChI=1S/C27H27NO5.ClH/c1-2-30-27(29)32-16-14-21-10-6-7-11-23(21)26-24-13-12-22(18-25(24)31-17-15-28-26)33-19-20-8-4-3-5-9-20;/h3-13,18H,2,14-17,19H2,1H3;1H. The second-order valence-corrected chi connectivity index (χ2v) is 7.52. The van der Waals surface area contributed by atoms with Crippen LogP contribution in [0.15, 0.2) is 72.8 Å². The molecule has 1 aliphatic heterocycles. The molecule has 0 saturated heterocycles. The van der Waals surface area contributed by atoms with E-state index in [0.717, 1.165) is 39.5 Å². The second kappa shape index (κ2) is 12.7. The van der Waals surface area contributed by atoms with Crippen LogP contribution in [-0.2, 0) is 22.5 Å². The van der Waals surface area contributed by atoms with Gasteiger partial charge in [-0.3, -0.25) is 0 Å². The van der Waals surface area contributed by atoms with Crippen molar-refractivity contribution in [3.63, 3.8) is 0 Å². The van der Waals surface area contributed by atoms with Crippen molar-refractivity contribution in [1.82, 2.24) is 0 Å². The van der Waals surface area contributed by atoms with Crippen LogP contribution in [0.4, 0.5) is 4.79 Å². The maximum atomic E-state index is 11.5. The van der Waals surface area contributed by atoms with Gasteiger partial charge in [-0.2, -0.15) is 0 Å². The molecule has 3 aromatic carbocycles. The predicted octanol–water partition coefficient (Wildman–Crippen LogP) is 0.296. The predicted molar refractivity (Wildman–Crippen MR) is 125 cm³/mol. The molecule has 0 unspecified atom stereocenters. The number of hydrogen-bond acceptors (Lipinski definition) is 5. The summed E-state index contributed by atoms with van der Waals surface area (Å²) in [6.07, 6.45) is -0.0637. The van der Waals surface area contributed by atoms with Crippen molar-refractivity contribution in [2.45, 2.75) is 20.0 Å². The fourth-order valence-electron chi connectivity index (χ4n) is 3.72. The number of benzene rings is 3. The minimum atomic E-state index is -0.642. The molecule has 4 rings (SSSR count). The zero-order valence-electron chi connectivity index (χ0n) is 19.1. The molecular weight excluding hydrogens is 454 g/mol. The quantitative estimate of drug-likeness (QED) is 0.469. The number of halogens is 1. The summed E-state index contributed by atoms with van der Waals surface area (Å²) in [6, 6.07) is 24.1. The van der Waals surface area contributed by atoms with Gasteiger partial charge in [0.05, 0.1) is 18.8 Å². The molecule has 178 valence electrons. The summed E-state index contributed by atoms with van der Waals surface area (Å²) >= 11 is 0. The summed E-state index contributed by atoms with van der Waals surface area (Å²) in [7, 11) is 0. The van der Waals surface area contributed by atoms with Gasteiger partial charge in [-0.25, -0.2) is 9.79 Å². The number of ether oxygens (including phenoxy) is 4. The average molecular weight is 482 g/mol. The van der Waals surface area contributed by atoms with Crippen LogP contribution in [0.25, 0.3) is 0 Å². The van der Waals surface area contributed by atoms with E-state index in [1.165, 1.54) is 0 Å². The smallest absolute Gasteiger partial charge is 0.508 e. The van der Waals surface area contributed by atoms with Crippen molar-refractivity contribution in [3.8, 4) is 11.5 Å². The first-order valence-electron chi connectivity index (χ1n) is 11.2. The summed E-state index contributed by atoms with van der Waals surface area (Å²) in [5, 5.41) is 0. The third kappa shape index (κ3) is 6.51. The normalized spacial score (nSPS) is 12.2. The Kier molecular flexibility index (Phi) is 9.35. The Morgan fingerprint density at radius 3 is 2.59 bits per heavy atom. The molecule has 0 saturated carbocycles. The van der Waals surface area contributed by atoms with Crippen LogP contribution in [0.3, 0.4) is 0 Å². The van der Waals surface area contributed by atoms with Crippen molar-refractivity contribution in [3.05, 3.63) is 95.1 Å². The molecule has 0 radical (unpaired) electrons. The first-order valence-corrected chi connectivity index (χ1v) is 11.2. The molecule has 0 spiro atoms. The van der Waals surface area contributed by atoms with Gasteiger partial charge in [0.15, 0.2) is 6.54 Å². The molecule has 0 aromatic heterocycles. The highest BCUT2D eigenvalue weighted by atomic mass is 35.5. The van der Waals surface area contributed by atoms with Gasteiger partial charge in [0.2, 0.25) is 5.71 Å². The lowest BCUT2D eigenvalue weighted by molar-refractivity contribution is -0.456. The molecule has 3 aromatic rings. The van der Waals surface area contributed by atoms with Crippen LogP contribution in [0, 0.1) is 0 Å². The third-order valence-corrected chi connectivity index (χ3v) is 5.27. The molecule has 0 atom stereocenters. The monoisotopic (exact) mass is 481 g/mol. The first-order chi connectivity index (χ1) is 16.2. The number of nitrogens with one attached hydrogen (secondary N) is 1. The molecule has 1 aliphatic rings. The number of fused-ring (bicyclic) bond motifs is 1. The molecule has 1 N–H and O–H groups in total. The summed E-state index contributed by atoms with van der Waals surface area (Å²) in [4.78, 5) is 15.0. The molecule has 1 heterocycles. The maximum Gasteiger partial charge on any atom is 0.508 e. The van der Waals surface area contributed by atoms with Crippen LogP contribution in [0.5, 0.6) is 11.5 Å². The van der Waals surface area contributed by atoms with Crippen LogP contribution in [-0.4, -0.2) is 38.2 Å². The zero-order chi connectivity index (χ0) is 22.9. The number of carbonyl (C=O) groups excluding carboxylic acids is 1. The van der Waals surface area contributed by atoms with E-state index in [-0.39, 0.29) is 19.0 Å². The highest BCUT2D eigenvalue weighted by Crippen LogP contribution is 2.28. The summed E-state index contributed by atoms with van der Waals surface area (Å²) in [6.45, 7) is 4.02. The molecule has 0 bridgehead atoms. The molecule has 0 amide bonds. The minimum Gasteiger partial charge on any atom is -1.00 e. The van der Waals surface area contributed by atoms with Crippen molar-refractivity contribution in [2.75, 3.05) is 26.4 Å². The Balaban J connectivity index is 0.00000324. The molecular formula is C27H28ClNO5. The highest BCUT2D eigenvalue weighted by Gasteiger charge is 2.24. The third-order valence-electron chi connectivity index (χ3n) is 5.27. The van der Waals surface area contributed by atoms with Gasteiger partial charge in [-0.15, -0.1) is 0 Å². The minimum absolute atomic E-state index is 0. The van der Waals surface area contributed by atoms with Crippen molar-refractivity contribution in [1.29, 1.82) is 0 Å². The van der Waals surface area contributed by atoms with E-state index in [4.69, 9.17) is 18.9 Å². The lowest BCUT2D eigenvalue weighted by Crippen LogP contribution is -3.00. The number of carbonyl (C=O) groups is 1. The number of hydrogen-bond donors (Lipinski definition) is 1. The summed E-state index contributed by atoms with van der Waals surface area (Å²) in [5.41, 5.74) is 5.19. The Hall–Kier alpha value is -3.51. The Labute approximate surface area is 205 Å². The zero-order valence-corrected chi connectivity index (χ0v) is 19.8. The molecule has 7 heteroatoms. The van der Waals surface area contributed by atoms with E-state index in [9.17, 15) is 4.79 Å². The van der Waals surface area contributed by atoms with Crippen LogP contribution >= 0.6 is 0 Å². The SMILES string of the molecule is CCOC(=O)OCCc1ccccc1C1=[NH+]CCOc2cc(OCc3ccccc3)ccc21.[Cl-]. The Morgan fingerprint density at radius 2 is 1.76 bits per heavy atom. The van der Waals surface area contributed by atoms with Gasteiger partial charge in [0, 0.05) is 18.1 Å². The van der Waals surface area contributed by atoms with E-state index < -0.39 is 6.16 Å². The van der Waals surface area contributed by atoms with Gasteiger partial charge in [-0.1, -0.05) is 48.5 Å². The van der Waals surface area contributed by atoms with E-state index in [0.29, 0.717) is 32.8 Å². The lowest BCUT2D eigenvalue weighted by Gasteiger charge is -2.12. The van der Waals surface area contributed by atoms with Gasteiger partial charge >= 0.3 is 6.16 Å². The summed E-state index contributed by atoms with van der Waals surface area (Å²) < 4.78 is 22.0. The second-order valence-electron chi connectivity index (χ2n) is 7.52. The van der Waals surface area contributed by atoms with Crippen molar-refractivity contribution < 1.29 is 41.1 Å². The van der Waals surface area contributed by atoms with Crippen LogP contribution < -0.4 is 26.9 Å².